The lowest BCUT2D eigenvalue weighted by molar-refractivity contribution is -0.137. The van der Waals surface area contributed by atoms with Crippen LogP contribution in [0.4, 0.5) is 5.69 Å². The van der Waals surface area contributed by atoms with E-state index in [9.17, 15) is 4.79 Å². The van der Waals surface area contributed by atoms with Crippen molar-refractivity contribution in [2.24, 2.45) is 0 Å². The van der Waals surface area contributed by atoms with Gasteiger partial charge in [-0.2, -0.15) is 5.26 Å². The molecule has 0 saturated carbocycles. The lowest BCUT2D eigenvalue weighted by atomic mass is 10.1. The Balaban J connectivity index is 2.74. The molecule has 1 aromatic carbocycles. The van der Waals surface area contributed by atoms with Gasteiger partial charge in [-0.05, 0) is 31.9 Å². The Kier molecular flexibility index (Phi) is 4.53. The SMILES string of the molecule is Cc1cccc(C#N)c1NC(C)CCC(=O)O. The van der Waals surface area contributed by atoms with Gasteiger partial charge in [-0.3, -0.25) is 4.79 Å². The quantitative estimate of drug-likeness (QED) is 0.818. The largest absolute Gasteiger partial charge is 0.481 e. The number of hydrogen-bond donors (Lipinski definition) is 2. The van der Waals surface area contributed by atoms with Crippen molar-refractivity contribution in [3.05, 3.63) is 29.3 Å². The van der Waals surface area contributed by atoms with E-state index in [1.165, 1.54) is 0 Å². The van der Waals surface area contributed by atoms with Gasteiger partial charge in [-0.15, -0.1) is 0 Å². The van der Waals surface area contributed by atoms with E-state index in [2.05, 4.69) is 11.4 Å². The van der Waals surface area contributed by atoms with Crippen LogP contribution in [0.2, 0.25) is 0 Å². The number of nitriles is 1. The van der Waals surface area contributed by atoms with Gasteiger partial charge in [0.05, 0.1) is 11.3 Å². The molecule has 1 aromatic rings. The Hall–Kier alpha value is -2.02. The number of aliphatic carboxylic acids is 1. The molecule has 0 bridgehead atoms. The van der Waals surface area contributed by atoms with Crippen molar-refractivity contribution in [2.45, 2.75) is 32.7 Å². The molecule has 0 radical (unpaired) electrons. The van der Waals surface area contributed by atoms with Crippen molar-refractivity contribution < 1.29 is 9.90 Å². The highest BCUT2D eigenvalue weighted by Gasteiger charge is 2.09. The minimum atomic E-state index is -0.802. The average molecular weight is 232 g/mol. The first-order valence-electron chi connectivity index (χ1n) is 5.52. The second-order valence-electron chi connectivity index (χ2n) is 4.09. The maximum absolute atomic E-state index is 10.5. The highest BCUT2D eigenvalue weighted by atomic mass is 16.4. The van der Waals surface area contributed by atoms with Crippen LogP contribution >= 0.6 is 0 Å². The molecule has 0 saturated heterocycles. The molecule has 0 heterocycles. The Labute approximate surface area is 101 Å². The summed E-state index contributed by atoms with van der Waals surface area (Å²) in [5.74, 6) is -0.802. The Morgan fingerprint density at radius 3 is 2.88 bits per heavy atom. The molecule has 90 valence electrons. The fourth-order valence-electron chi connectivity index (χ4n) is 1.61. The minimum absolute atomic E-state index is 0.0271. The molecule has 0 spiro atoms. The number of carboxylic acids is 1. The zero-order valence-corrected chi connectivity index (χ0v) is 10.0. The molecule has 1 atom stereocenters. The molecular formula is C13H16N2O2. The zero-order chi connectivity index (χ0) is 12.8. The number of carboxylic acid groups (broad SMARTS) is 1. The van der Waals surface area contributed by atoms with Crippen LogP contribution in [0, 0.1) is 18.3 Å². The third-order valence-corrected chi connectivity index (χ3v) is 2.58. The summed E-state index contributed by atoms with van der Waals surface area (Å²) >= 11 is 0. The van der Waals surface area contributed by atoms with Crippen molar-refractivity contribution in [3.63, 3.8) is 0 Å². The molecule has 0 aliphatic rings. The van der Waals surface area contributed by atoms with Crippen LogP contribution in [0.15, 0.2) is 18.2 Å². The predicted molar refractivity (Wildman–Crippen MR) is 65.8 cm³/mol. The van der Waals surface area contributed by atoms with Crippen LogP contribution in [0.25, 0.3) is 0 Å². The van der Waals surface area contributed by atoms with Crippen molar-refractivity contribution >= 4 is 11.7 Å². The molecule has 2 N–H and O–H groups in total. The van der Waals surface area contributed by atoms with E-state index in [1.54, 1.807) is 6.07 Å². The summed E-state index contributed by atoms with van der Waals surface area (Å²) in [5, 5.41) is 20.8. The van der Waals surface area contributed by atoms with Crippen molar-refractivity contribution in [3.8, 4) is 6.07 Å². The summed E-state index contributed by atoms with van der Waals surface area (Å²) in [6, 6.07) is 7.66. The smallest absolute Gasteiger partial charge is 0.303 e. The van der Waals surface area contributed by atoms with Gasteiger partial charge in [0.25, 0.3) is 0 Å². The molecule has 0 amide bonds. The first-order chi connectivity index (χ1) is 8.04. The van der Waals surface area contributed by atoms with Gasteiger partial charge in [0.15, 0.2) is 0 Å². The molecule has 17 heavy (non-hydrogen) atoms. The molecule has 0 fully saturated rings. The molecule has 0 aromatic heterocycles. The maximum atomic E-state index is 10.5. The summed E-state index contributed by atoms with van der Waals surface area (Å²) in [6.07, 6.45) is 0.663. The Morgan fingerprint density at radius 1 is 1.59 bits per heavy atom. The standard InChI is InChI=1S/C13H16N2O2/c1-9-4-3-5-11(8-14)13(9)15-10(2)6-7-12(16)17/h3-5,10,15H,6-7H2,1-2H3,(H,16,17). The first kappa shape index (κ1) is 13.0. The van der Waals surface area contributed by atoms with Crippen LogP contribution in [-0.2, 0) is 4.79 Å². The van der Waals surface area contributed by atoms with E-state index in [0.29, 0.717) is 12.0 Å². The van der Waals surface area contributed by atoms with Gasteiger partial charge < -0.3 is 10.4 Å². The Bertz CT molecular complexity index is 449. The monoisotopic (exact) mass is 232 g/mol. The maximum Gasteiger partial charge on any atom is 0.303 e. The van der Waals surface area contributed by atoms with E-state index in [0.717, 1.165) is 11.3 Å². The predicted octanol–water partition coefficient (Wildman–Crippen LogP) is 2.53. The van der Waals surface area contributed by atoms with Gasteiger partial charge in [-0.1, -0.05) is 12.1 Å². The summed E-state index contributed by atoms with van der Waals surface area (Å²) < 4.78 is 0. The molecule has 1 unspecified atom stereocenters. The number of hydrogen-bond acceptors (Lipinski definition) is 3. The average Bonchev–Trinajstić information content (AvgIpc) is 2.29. The third-order valence-electron chi connectivity index (χ3n) is 2.58. The number of benzene rings is 1. The number of para-hydroxylation sites is 1. The second kappa shape index (κ2) is 5.90. The fourth-order valence-corrected chi connectivity index (χ4v) is 1.61. The first-order valence-corrected chi connectivity index (χ1v) is 5.52. The lowest BCUT2D eigenvalue weighted by Crippen LogP contribution is -2.18. The summed E-state index contributed by atoms with van der Waals surface area (Å²) in [6.45, 7) is 3.84. The molecule has 0 aliphatic heterocycles. The summed E-state index contributed by atoms with van der Waals surface area (Å²) in [4.78, 5) is 10.5. The van der Waals surface area contributed by atoms with Crippen LogP contribution < -0.4 is 5.32 Å². The van der Waals surface area contributed by atoms with Crippen LogP contribution in [0.1, 0.15) is 30.9 Å². The zero-order valence-electron chi connectivity index (χ0n) is 10.0. The highest BCUT2D eigenvalue weighted by Crippen LogP contribution is 2.21. The number of anilines is 1. The highest BCUT2D eigenvalue weighted by molar-refractivity contribution is 5.67. The normalized spacial score (nSPS) is 11.6. The van der Waals surface area contributed by atoms with Gasteiger partial charge >= 0.3 is 5.97 Å². The number of carbonyl (C=O) groups is 1. The van der Waals surface area contributed by atoms with E-state index >= 15 is 0 Å². The van der Waals surface area contributed by atoms with E-state index < -0.39 is 5.97 Å². The van der Waals surface area contributed by atoms with Gasteiger partial charge in [0.2, 0.25) is 0 Å². The lowest BCUT2D eigenvalue weighted by Gasteiger charge is -2.17. The fraction of sp³-hybridized carbons (Fsp3) is 0.385. The minimum Gasteiger partial charge on any atom is -0.481 e. The van der Waals surface area contributed by atoms with E-state index in [1.807, 2.05) is 26.0 Å². The molecule has 0 aliphatic carbocycles. The van der Waals surface area contributed by atoms with Crippen molar-refractivity contribution in [1.82, 2.24) is 0 Å². The van der Waals surface area contributed by atoms with Crippen LogP contribution in [0.3, 0.4) is 0 Å². The Morgan fingerprint density at radius 2 is 2.29 bits per heavy atom. The summed E-state index contributed by atoms with van der Waals surface area (Å²) in [7, 11) is 0. The third kappa shape index (κ3) is 3.80. The number of aryl methyl sites for hydroxylation is 1. The topological polar surface area (TPSA) is 73.1 Å². The van der Waals surface area contributed by atoms with E-state index in [-0.39, 0.29) is 12.5 Å². The number of nitrogens with one attached hydrogen (secondary N) is 1. The number of nitrogens with zero attached hydrogens (tertiary/aromatic N) is 1. The van der Waals surface area contributed by atoms with Crippen LogP contribution in [0.5, 0.6) is 0 Å². The van der Waals surface area contributed by atoms with E-state index in [4.69, 9.17) is 10.4 Å². The van der Waals surface area contributed by atoms with Crippen molar-refractivity contribution in [1.29, 1.82) is 5.26 Å². The molecular weight excluding hydrogens is 216 g/mol. The summed E-state index contributed by atoms with van der Waals surface area (Å²) in [5.41, 5.74) is 2.38. The van der Waals surface area contributed by atoms with Gasteiger partial charge in [0.1, 0.15) is 6.07 Å². The van der Waals surface area contributed by atoms with Gasteiger partial charge in [0, 0.05) is 12.5 Å². The molecule has 4 heteroatoms. The second-order valence-corrected chi connectivity index (χ2v) is 4.09. The molecule has 1 rings (SSSR count). The number of rotatable bonds is 5. The molecule has 4 nitrogen and oxygen atoms in total. The van der Waals surface area contributed by atoms with Gasteiger partial charge in [-0.25, -0.2) is 0 Å². The van der Waals surface area contributed by atoms with Crippen molar-refractivity contribution in [2.75, 3.05) is 5.32 Å². The van der Waals surface area contributed by atoms with Crippen LogP contribution in [-0.4, -0.2) is 17.1 Å².